The molecule has 2 aliphatic rings. The Hall–Kier alpha value is -1.91. The molecule has 2 atom stereocenters. The first-order chi connectivity index (χ1) is 12.8. The average molecular weight is 425 g/mol. The number of rotatable bonds is 4. The first-order valence-corrected chi connectivity index (χ1v) is 8.64. The summed E-state index contributed by atoms with van der Waals surface area (Å²) in [5.41, 5.74) is 0.556. The fourth-order valence-corrected chi connectivity index (χ4v) is 3.44. The Kier molecular flexibility index (Phi) is 7.24. The van der Waals surface area contributed by atoms with Crippen molar-refractivity contribution >= 4 is 29.9 Å². The molecule has 2 aliphatic heterocycles. The normalized spacial score (nSPS) is 21.1. The van der Waals surface area contributed by atoms with Gasteiger partial charge in [0, 0.05) is 44.8 Å². The molecule has 28 heavy (non-hydrogen) atoms. The van der Waals surface area contributed by atoms with Gasteiger partial charge in [0.15, 0.2) is 0 Å². The summed E-state index contributed by atoms with van der Waals surface area (Å²) in [6.07, 6.45) is -4.69. The molecule has 3 rings (SSSR count). The van der Waals surface area contributed by atoms with Crippen molar-refractivity contribution in [3.05, 3.63) is 29.6 Å². The number of nitrogens with one attached hydrogen (secondary N) is 3. The molecule has 0 aromatic heterocycles. The van der Waals surface area contributed by atoms with E-state index in [9.17, 15) is 27.2 Å². The Bertz CT molecular complexity index is 726. The molecule has 1 aromatic carbocycles. The van der Waals surface area contributed by atoms with Crippen molar-refractivity contribution in [2.24, 2.45) is 0 Å². The Morgan fingerprint density at radius 2 is 1.96 bits per heavy atom. The zero-order valence-electron chi connectivity index (χ0n) is 14.8. The van der Waals surface area contributed by atoms with Gasteiger partial charge in [0.2, 0.25) is 11.8 Å². The number of nitrogens with zero attached hydrogens (tertiary/aromatic N) is 1. The highest BCUT2D eigenvalue weighted by molar-refractivity contribution is 6.01. The lowest BCUT2D eigenvalue weighted by Crippen LogP contribution is -2.57. The summed E-state index contributed by atoms with van der Waals surface area (Å²) in [6, 6.07) is 1.81. The second-order valence-corrected chi connectivity index (χ2v) is 6.62. The van der Waals surface area contributed by atoms with Gasteiger partial charge in [-0.25, -0.2) is 4.39 Å². The first-order valence-electron chi connectivity index (χ1n) is 8.64. The maximum Gasteiger partial charge on any atom is 0.405 e. The SMILES string of the molecule is Cl.O=C1CC(C(=O)NCC(N2CCNCC2)C(F)(F)F)c2ccc(F)cc2N1. The van der Waals surface area contributed by atoms with Crippen molar-refractivity contribution < 1.29 is 27.2 Å². The van der Waals surface area contributed by atoms with Crippen LogP contribution < -0.4 is 16.0 Å². The maximum absolute atomic E-state index is 13.4. The van der Waals surface area contributed by atoms with Gasteiger partial charge >= 0.3 is 6.18 Å². The predicted octanol–water partition coefficient (Wildman–Crippen LogP) is 1.63. The fraction of sp³-hybridized carbons (Fsp3) is 0.529. The summed E-state index contributed by atoms with van der Waals surface area (Å²) >= 11 is 0. The number of piperazine rings is 1. The predicted molar refractivity (Wildman–Crippen MR) is 96.9 cm³/mol. The molecule has 3 N–H and O–H groups in total. The van der Waals surface area contributed by atoms with Crippen molar-refractivity contribution in [2.75, 3.05) is 38.0 Å². The zero-order chi connectivity index (χ0) is 19.6. The van der Waals surface area contributed by atoms with Crippen molar-refractivity contribution in [3.63, 3.8) is 0 Å². The van der Waals surface area contributed by atoms with E-state index >= 15 is 0 Å². The summed E-state index contributed by atoms with van der Waals surface area (Å²) in [6.45, 7) is 0.753. The lowest BCUT2D eigenvalue weighted by molar-refractivity contribution is -0.184. The molecular formula is C17H21ClF4N4O2. The lowest BCUT2D eigenvalue weighted by Gasteiger charge is -2.36. The zero-order valence-corrected chi connectivity index (χ0v) is 15.6. The Labute approximate surface area is 165 Å². The molecule has 0 bridgehead atoms. The van der Waals surface area contributed by atoms with Crippen LogP contribution in [-0.4, -0.2) is 61.7 Å². The van der Waals surface area contributed by atoms with Crippen molar-refractivity contribution in [2.45, 2.75) is 24.6 Å². The summed E-state index contributed by atoms with van der Waals surface area (Å²) in [5, 5.41) is 7.80. The van der Waals surface area contributed by atoms with Crippen LogP contribution in [0.25, 0.3) is 0 Å². The Balaban J connectivity index is 0.00000280. The molecule has 1 fully saturated rings. The van der Waals surface area contributed by atoms with Gasteiger partial charge in [0.25, 0.3) is 0 Å². The van der Waals surface area contributed by atoms with E-state index in [1.807, 2.05) is 0 Å². The molecule has 0 saturated carbocycles. The molecule has 0 aliphatic carbocycles. The van der Waals surface area contributed by atoms with Crippen molar-refractivity contribution in [1.29, 1.82) is 0 Å². The minimum absolute atomic E-state index is 0. The molecule has 2 heterocycles. The van der Waals surface area contributed by atoms with Crippen LogP contribution in [0.3, 0.4) is 0 Å². The smallest absolute Gasteiger partial charge is 0.354 e. The van der Waals surface area contributed by atoms with Crippen LogP contribution in [0, 0.1) is 5.82 Å². The van der Waals surface area contributed by atoms with Crippen LogP contribution in [0.2, 0.25) is 0 Å². The third-order valence-corrected chi connectivity index (χ3v) is 4.81. The monoisotopic (exact) mass is 424 g/mol. The average Bonchev–Trinajstić information content (AvgIpc) is 2.60. The molecule has 0 radical (unpaired) electrons. The highest BCUT2D eigenvalue weighted by atomic mass is 35.5. The number of amides is 2. The minimum Gasteiger partial charge on any atom is -0.354 e. The second-order valence-electron chi connectivity index (χ2n) is 6.62. The van der Waals surface area contributed by atoms with Gasteiger partial charge in [-0.1, -0.05) is 6.07 Å². The van der Waals surface area contributed by atoms with E-state index in [1.54, 1.807) is 0 Å². The van der Waals surface area contributed by atoms with Gasteiger partial charge < -0.3 is 16.0 Å². The number of hydrogen-bond donors (Lipinski definition) is 3. The number of benzene rings is 1. The summed E-state index contributed by atoms with van der Waals surface area (Å²) in [7, 11) is 0. The Morgan fingerprint density at radius 1 is 1.29 bits per heavy atom. The van der Waals surface area contributed by atoms with Crippen molar-refractivity contribution in [3.8, 4) is 0 Å². The minimum atomic E-state index is -4.49. The first kappa shape index (κ1) is 22.4. The number of anilines is 1. The maximum atomic E-state index is 13.4. The molecule has 0 spiro atoms. The lowest BCUT2D eigenvalue weighted by atomic mass is 9.89. The number of alkyl halides is 3. The van der Waals surface area contributed by atoms with Crippen LogP contribution in [0.5, 0.6) is 0 Å². The van der Waals surface area contributed by atoms with Gasteiger partial charge in [-0.05, 0) is 17.7 Å². The molecule has 156 valence electrons. The third-order valence-electron chi connectivity index (χ3n) is 4.81. The van der Waals surface area contributed by atoms with E-state index < -0.39 is 42.3 Å². The molecule has 1 aromatic rings. The quantitative estimate of drug-likeness (QED) is 0.642. The summed E-state index contributed by atoms with van der Waals surface area (Å²) < 4.78 is 53.6. The standard InChI is InChI=1S/C17H20F4N4O2.ClH/c18-10-1-2-11-12(8-15(26)24-13(11)7-10)16(27)23-9-14(17(19,20)21)25-5-3-22-4-6-25;/h1-2,7,12,14,22H,3-6,8-9H2,(H,23,27)(H,24,26);1H. The second kappa shape index (κ2) is 9.06. The largest absolute Gasteiger partial charge is 0.405 e. The molecule has 2 unspecified atom stereocenters. The summed E-state index contributed by atoms with van der Waals surface area (Å²) in [5.74, 6) is -2.69. The number of hydrogen-bond acceptors (Lipinski definition) is 4. The van der Waals surface area contributed by atoms with Gasteiger partial charge in [-0.3, -0.25) is 14.5 Å². The van der Waals surface area contributed by atoms with Gasteiger partial charge in [-0.2, -0.15) is 13.2 Å². The van der Waals surface area contributed by atoms with E-state index in [0.29, 0.717) is 18.7 Å². The summed E-state index contributed by atoms with van der Waals surface area (Å²) in [4.78, 5) is 25.6. The van der Waals surface area contributed by atoms with Crippen molar-refractivity contribution in [1.82, 2.24) is 15.5 Å². The number of carbonyl (C=O) groups excluding carboxylic acids is 2. The number of carbonyl (C=O) groups is 2. The molecule has 11 heteroatoms. The number of fused-ring (bicyclic) bond motifs is 1. The van der Waals surface area contributed by atoms with E-state index in [4.69, 9.17) is 0 Å². The van der Waals surface area contributed by atoms with Crippen LogP contribution in [-0.2, 0) is 9.59 Å². The highest BCUT2D eigenvalue weighted by Gasteiger charge is 2.44. The van der Waals surface area contributed by atoms with Gasteiger partial charge in [0.05, 0.1) is 5.92 Å². The van der Waals surface area contributed by atoms with Gasteiger partial charge in [0.1, 0.15) is 11.9 Å². The van der Waals surface area contributed by atoms with E-state index in [1.165, 1.54) is 11.0 Å². The van der Waals surface area contributed by atoms with Crippen LogP contribution in [0.1, 0.15) is 17.9 Å². The van der Waals surface area contributed by atoms with E-state index in [2.05, 4.69) is 16.0 Å². The molecule has 6 nitrogen and oxygen atoms in total. The fourth-order valence-electron chi connectivity index (χ4n) is 3.44. The molecule has 1 saturated heterocycles. The van der Waals surface area contributed by atoms with Crippen LogP contribution in [0.4, 0.5) is 23.2 Å². The van der Waals surface area contributed by atoms with Crippen LogP contribution >= 0.6 is 12.4 Å². The van der Waals surface area contributed by atoms with Crippen LogP contribution in [0.15, 0.2) is 18.2 Å². The van der Waals surface area contributed by atoms with Gasteiger partial charge in [-0.15, -0.1) is 12.4 Å². The third kappa shape index (κ3) is 5.12. The Morgan fingerprint density at radius 3 is 2.61 bits per heavy atom. The van der Waals surface area contributed by atoms with E-state index in [-0.39, 0.29) is 37.6 Å². The topological polar surface area (TPSA) is 73.5 Å². The molecular weight excluding hydrogens is 404 g/mol. The number of halogens is 5. The van der Waals surface area contributed by atoms with E-state index in [0.717, 1.165) is 12.1 Å². The molecule has 2 amide bonds. The highest BCUT2D eigenvalue weighted by Crippen LogP contribution is 2.33.